The fourth-order valence-electron chi connectivity index (χ4n) is 3.79. The van der Waals surface area contributed by atoms with Gasteiger partial charge in [-0.25, -0.2) is 4.79 Å². The van der Waals surface area contributed by atoms with E-state index >= 15 is 0 Å². The largest absolute Gasteiger partial charge is 0.494 e. The molecule has 0 radical (unpaired) electrons. The number of carbonyl (C=O) groups is 2. The molecule has 1 saturated heterocycles. The zero-order valence-electron chi connectivity index (χ0n) is 15.2. The third-order valence-corrected chi connectivity index (χ3v) is 5.49. The van der Waals surface area contributed by atoms with Crippen LogP contribution in [-0.4, -0.2) is 60.2 Å². The number of rotatable bonds is 5. The van der Waals surface area contributed by atoms with Crippen molar-refractivity contribution in [1.82, 2.24) is 10.2 Å². The maximum absolute atomic E-state index is 13.0. The lowest BCUT2D eigenvalue weighted by Crippen LogP contribution is -2.54. The van der Waals surface area contributed by atoms with Gasteiger partial charge in [-0.3, -0.25) is 14.9 Å². The van der Waals surface area contributed by atoms with Gasteiger partial charge in [-0.15, -0.1) is 0 Å². The molecule has 3 rings (SSSR count). The summed E-state index contributed by atoms with van der Waals surface area (Å²) in [5.41, 5.74) is 0.0176. The van der Waals surface area contributed by atoms with Gasteiger partial charge < -0.3 is 25.4 Å². The number of carboxylic acid groups (broad SMARTS) is 1. The molecule has 3 N–H and O–H groups in total. The fourth-order valence-corrected chi connectivity index (χ4v) is 3.79. The van der Waals surface area contributed by atoms with Gasteiger partial charge in [0.2, 0.25) is 0 Å². The van der Waals surface area contributed by atoms with Crippen LogP contribution in [0.4, 0.5) is 16.2 Å². The van der Waals surface area contributed by atoms with Crippen LogP contribution in [0.25, 0.3) is 0 Å². The second-order valence-electron chi connectivity index (χ2n) is 6.95. The molecule has 27 heavy (non-hydrogen) atoms. The van der Waals surface area contributed by atoms with Crippen LogP contribution in [0.15, 0.2) is 12.1 Å². The first-order valence-electron chi connectivity index (χ1n) is 8.64. The number of benzene rings is 1. The number of nitrogens with one attached hydrogen (secondary N) is 2. The van der Waals surface area contributed by atoms with E-state index in [1.165, 1.54) is 26.3 Å². The molecule has 2 amide bonds. The molecule has 2 aliphatic rings. The number of nitro benzene ring substituents is 1. The lowest BCUT2D eigenvalue weighted by molar-refractivity contribution is -0.384. The van der Waals surface area contributed by atoms with E-state index in [-0.39, 0.29) is 46.6 Å². The molecule has 1 atom stereocenters. The molecule has 1 aliphatic heterocycles. The normalized spacial score (nSPS) is 20.1. The second kappa shape index (κ2) is 6.93. The Kier molecular flexibility index (Phi) is 4.81. The predicted octanol–water partition coefficient (Wildman–Crippen LogP) is 1.91. The number of ether oxygens (including phenoxy) is 1. The molecule has 10 nitrogen and oxygen atoms in total. The summed E-state index contributed by atoms with van der Waals surface area (Å²) < 4.78 is 5.19. The van der Waals surface area contributed by atoms with E-state index in [0.717, 1.165) is 12.8 Å². The number of likely N-dealkylation sites (tertiary alicyclic amines) is 1. The van der Waals surface area contributed by atoms with Crippen LogP contribution in [-0.2, 0) is 0 Å². The summed E-state index contributed by atoms with van der Waals surface area (Å²) in [5, 5.41) is 25.7. The number of hydrogen-bond acceptors (Lipinski definition) is 6. The number of nitrogens with zero attached hydrogens (tertiary/aromatic N) is 2. The monoisotopic (exact) mass is 378 g/mol. The Hall–Kier alpha value is -3.04. The van der Waals surface area contributed by atoms with Gasteiger partial charge in [0.05, 0.1) is 23.6 Å². The average Bonchev–Trinajstić information content (AvgIpc) is 3.41. The molecular weight excluding hydrogens is 356 g/mol. The Morgan fingerprint density at radius 1 is 1.37 bits per heavy atom. The van der Waals surface area contributed by atoms with Gasteiger partial charge >= 0.3 is 6.09 Å². The lowest BCUT2D eigenvalue weighted by atomic mass is 9.88. The van der Waals surface area contributed by atoms with Crippen LogP contribution in [0.5, 0.6) is 5.75 Å². The van der Waals surface area contributed by atoms with Crippen LogP contribution >= 0.6 is 0 Å². The lowest BCUT2D eigenvalue weighted by Gasteiger charge is -2.39. The summed E-state index contributed by atoms with van der Waals surface area (Å²) >= 11 is 0. The van der Waals surface area contributed by atoms with Gasteiger partial charge in [-0.05, 0) is 30.7 Å². The van der Waals surface area contributed by atoms with E-state index in [4.69, 9.17) is 9.84 Å². The van der Waals surface area contributed by atoms with E-state index in [1.54, 1.807) is 4.90 Å². The van der Waals surface area contributed by atoms with E-state index in [9.17, 15) is 19.7 Å². The van der Waals surface area contributed by atoms with Crippen molar-refractivity contribution in [2.24, 2.45) is 5.41 Å². The molecule has 1 aromatic rings. The average molecular weight is 378 g/mol. The van der Waals surface area contributed by atoms with Crippen molar-refractivity contribution in [3.63, 3.8) is 0 Å². The number of amides is 2. The Morgan fingerprint density at radius 2 is 2.07 bits per heavy atom. The van der Waals surface area contributed by atoms with E-state index in [0.29, 0.717) is 13.0 Å². The summed E-state index contributed by atoms with van der Waals surface area (Å²) in [5.74, 6) is -0.183. The fraction of sp³-hybridized carbons (Fsp3) is 0.529. The molecule has 2 fully saturated rings. The first-order valence-corrected chi connectivity index (χ1v) is 8.64. The molecule has 1 spiro atoms. The number of methoxy groups -OCH3 is 1. The number of nitro groups is 1. The molecule has 0 aromatic heterocycles. The van der Waals surface area contributed by atoms with Gasteiger partial charge in [0.15, 0.2) is 5.69 Å². The van der Waals surface area contributed by atoms with Crippen molar-refractivity contribution in [2.75, 3.05) is 32.6 Å². The Bertz CT molecular complexity index is 792. The highest BCUT2D eigenvalue weighted by molar-refractivity contribution is 5.97. The summed E-state index contributed by atoms with van der Waals surface area (Å²) in [4.78, 5) is 36.4. The molecule has 1 aromatic carbocycles. The van der Waals surface area contributed by atoms with Gasteiger partial charge in [0.25, 0.3) is 11.6 Å². The first kappa shape index (κ1) is 18.7. The van der Waals surface area contributed by atoms with E-state index in [1.807, 2.05) is 0 Å². The molecule has 1 aliphatic carbocycles. The molecule has 1 saturated carbocycles. The van der Waals surface area contributed by atoms with Crippen LogP contribution < -0.4 is 15.4 Å². The Morgan fingerprint density at radius 3 is 2.59 bits per heavy atom. The molecule has 10 heteroatoms. The zero-order valence-corrected chi connectivity index (χ0v) is 15.2. The minimum absolute atomic E-state index is 0.0607. The molecule has 1 unspecified atom stereocenters. The van der Waals surface area contributed by atoms with Gasteiger partial charge in [-0.2, -0.15) is 0 Å². The van der Waals surface area contributed by atoms with Crippen molar-refractivity contribution in [3.05, 3.63) is 27.8 Å². The van der Waals surface area contributed by atoms with Gasteiger partial charge in [0.1, 0.15) is 5.75 Å². The van der Waals surface area contributed by atoms with Crippen LogP contribution in [0, 0.1) is 15.5 Å². The molecule has 0 bridgehead atoms. The third kappa shape index (κ3) is 3.46. The maximum Gasteiger partial charge on any atom is 0.404 e. The van der Waals surface area contributed by atoms with Crippen molar-refractivity contribution in [2.45, 2.75) is 25.3 Å². The molecule has 146 valence electrons. The third-order valence-electron chi connectivity index (χ3n) is 5.49. The van der Waals surface area contributed by atoms with E-state index in [2.05, 4.69) is 10.6 Å². The molecular formula is C17H22N4O6. The van der Waals surface area contributed by atoms with Crippen molar-refractivity contribution in [1.29, 1.82) is 0 Å². The minimum atomic E-state index is -1.11. The van der Waals surface area contributed by atoms with Gasteiger partial charge in [-0.1, -0.05) is 0 Å². The summed E-state index contributed by atoms with van der Waals surface area (Å²) in [7, 11) is 2.91. The number of anilines is 1. The summed E-state index contributed by atoms with van der Waals surface area (Å²) in [6.45, 7) is 0.732. The number of piperidine rings is 1. The highest BCUT2D eigenvalue weighted by Gasteiger charge is 2.53. The van der Waals surface area contributed by atoms with Crippen LogP contribution in [0.2, 0.25) is 0 Å². The first-order chi connectivity index (χ1) is 12.8. The summed E-state index contributed by atoms with van der Waals surface area (Å²) in [6, 6.07) is 2.35. The van der Waals surface area contributed by atoms with Crippen molar-refractivity contribution >= 4 is 23.4 Å². The smallest absolute Gasteiger partial charge is 0.404 e. The Balaban J connectivity index is 1.88. The number of hydrogen-bond donors (Lipinski definition) is 3. The number of carbonyl (C=O) groups excluding carboxylic acids is 1. The van der Waals surface area contributed by atoms with Crippen molar-refractivity contribution in [3.8, 4) is 5.75 Å². The van der Waals surface area contributed by atoms with Gasteiger partial charge in [0, 0.05) is 26.2 Å². The quantitative estimate of drug-likeness (QED) is 0.526. The highest BCUT2D eigenvalue weighted by atomic mass is 16.6. The topological polar surface area (TPSA) is 134 Å². The Labute approximate surface area is 155 Å². The van der Waals surface area contributed by atoms with Crippen LogP contribution in [0.1, 0.15) is 29.6 Å². The maximum atomic E-state index is 13.0. The zero-order chi connectivity index (χ0) is 19.8. The van der Waals surface area contributed by atoms with E-state index < -0.39 is 11.0 Å². The summed E-state index contributed by atoms with van der Waals surface area (Å²) in [6.07, 6.45) is 1.47. The minimum Gasteiger partial charge on any atom is -0.494 e. The van der Waals surface area contributed by atoms with Crippen LogP contribution in [0.3, 0.4) is 0 Å². The highest BCUT2D eigenvalue weighted by Crippen LogP contribution is 2.53. The van der Waals surface area contributed by atoms with Crippen molar-refractivity contribution < 1.29 is 24.4 Å². The predicted molar refractivity (Wildman–Crippen MR) is 96.3 cm³/mol. The standard InChI is InChI=1S/C17H22N4O6/c1-18-14-11(21(25)26)7-10(8-12(14)27-2)15(22)20-6-5-17(3-4-17)13(9-20)19-16(23)24/h7-8,13,18-19H,3-6,9H2,1-2H3,(H,23,24). The second-order valence-corrected chi connectivity index (χ2v) is 6.95. The molecule has 1 heterocycles. The SMILES string of the molecule is CNc1c(OC)cc(C(=O)N2CCC3(CC3)C(NC(=O)O)C2)cc1[N+](=O)[O-].